The molecule has 2 unspecified atom stereocenters. The molecule has 0 heterocycles. The van der Waals surface area contributed by atoms with Crippen LogP contribution in [-0.4, -0.2) is 42.8 Å². The predicted molar refractivity (Wildman–Crippen MR) is 115 cm³/mol. The molecule has 2 atom stereocenters. The van der Waals surface area contributed by atoms with E-state index in [2.05, 4.69) is 5.32 Å². The minimum Gasteiger partial charge on any atom is -0.494 e. The van der Waals surface area contributed by atoms with Crippen LogP contribution in [0.2, 0.25) is 5.02 Å². The van der Waals surface area contributed by atoms with Gasteiger partial charge in [-0.05, 0) is 54.7 Å². The van der Waals surface area contributed by atoms with Gasteiger partial charge in [-0.25, -0.2) is 0 Å². The Morgan fingerprint density at radius 1 is 1.00 bits per heavy atom. The predicted octanol–water partition coefficient (Wildman–Crippen LogP) is 6.45. The molecule has 0 radical (unpaired) electrons. The number of benzene rings is 2. The zero-order valence-corrected chi connectivity index (χ0v) is 19.2. The van der Waals surface area contributed by atoms with E-state index in [1.165, 1.54) is 6.07 Å². The SMILES string of the molecule is CCc1cc(OCCC(Cc2cccc(C(F)(F)C(F)(F)F)c2)NCC(O)C(F)(F)F)ccc1Cl. The van der Waals surface area contributed by atoms with E-state index in [9.17, 15) is 40.2 Å². The topological polar surface area (TPSA) is 41.5 Å². The average molecular weight is 534 g/mol. The number of ether oxygens (including phenoxy) is 1. The lowest BCUT2D eigenvalue weighted by atomic mass is 9.98. The Balaban J connectivity index is 2.15. The molecule has 0 aliphatic rings. The first kappa shape index (κ1) is 29.1. The highest BCUT2D eigenvalue weighted by atomic mass is 35.5. The number of hydrogen-bond acceptors (Lipinski definition) is 3. The Morgan fingerprint density at radius 3 is 2.29 bits per heavy atom. The van der Waals surface area contributed by atoms with E-state index in [0.717, 1.165) is 11.6 Å². The number of aliphatic hydroxyl groups excluding tert-OH is 1. The van der Waals surface area contributed by atoms with Crippen molar-refractivity contribution < 1.29 is 45.0 Å². The second-order valence-electron chi connectivity index (χ2n) is 7.88. The third kappa shape index (κ3) is 8.22. The zero-order chi connectivity index (χ0) is 26.4. The van der Waals surface area contributed by atoms with Crippen LogP contribution < -0.4 is 10.1 Å². The Hall–Kier alpha value is -2.11. The molecule has 0 saturated heterocycles. The lowest BCUT2D eigenvalue weighted by molar-refractivity contribution is -0.289. The highest BCUT2D eigenvalue weighted by Crippen LogP contribution is 2.44. The molecule has 2 N–H and O–H groups in total. The molecule has 12 heteroatoms. The summed E-state index contributed by atoms with van der Waals surface area (Å²) in [4.78, 5) is 0. The smallest absolute Gasteiger partial charge is 0.458 e. The number of alkyl halides is 8. The van der Waals surface area contributed by atoms with Gasteiger partial charge in [-0.15, -0.1) is 0 Å². The van der Waals surface area contributed by atoms with Crippen molar-refractivity contribution in [1.82, 2.24) is 5.32 Å². The zero-order valence-electron chi connectivity index (χ0n) is 18.5. The first-order chi connectivity index (χ1) is 16.1. The molecule has 2 aromatic rings. The van der Waals surface area contributed by atoms with E-state index < -0.39 is 42.5 Å². The molecule has 0 saturated carbocycles. The molecule has 0 fully saturated rings. The number of aliphatic hydroxyl groups is 1. The molecule has 0 aliphatic carbocycles. The minimum absolute atomic E-state index is 0.0109. The van der Waals surface area contributed by atoms with Crippen LogP contribution in [0.25, 0.3) is 0 Å². The van der Waals surface area contributed by atoms with Crippen molar-refractivity contribution in [1.29, 1.82) is 0 Å². The normalized spacial score (nSPS) is 14.6. The molecular formula is C23H24ClF8NO2. The van der Waals surface area contributed by atoms with E-state index in [1.54, 1.807) is 18.2 Å². The maximum absolute atomic E-state index is 13.7. The van der Waals surface area contributed by atoms with Crippen LogP contribution in [0.1, 0.15) is 30.0 Å². The molecule has 0 aliphatic heterocycles. The second kappa shape index (κ2) is 11.7. The van der Waals surface area contributed by atoms with Crippen molar-refractivity contribution >= 4 is 11.6 Å². The molecule has 35 heavy (non-hydrogen) atoms. The summed E-state index contributed by atoms with van der Waals surface area (Å²) in [6.45, 7) is 0.976. The fourth-order valence-corrected chi connectivity index (χ4v) is 3.49. The number of nitrogens with one attached hydrogen (secondary N) is 1. The summed E-state index contributed by atoms with van der Waals surface area (Å²) in [5.74, 6) is -4.64. The van der Waals surface area contributed by atoms with Gasteiger partial charge in [-0.1, -0.05) is 36.7 Å². The monoisotopic (exact) mass is 533 g/mol. The van der Waals surface area contributed by atoms with Crippen molar-refractivity contribution in [2.45, 2.75) is 56.6 Å². The lowest BCUT2D eigenvalue weighted by Crippen LogP contribution is -2.43. The van der Waals surface area contributed by atoms with Crippen molar-refractivity contribution in [2.75, 3.05) is 13.2 Å². The molecule has 0 aromatic heterocycles. The Kier molecular flexibility index (Phi) is 9.78. The van der Waals surface area contributed by atoms with Gasteiger partial charge in [0.05, 0.1) is 6.61 Å². The molecule has 0 amide bonds. The van der Waals surface area contributed by atoms with Crippen LogP contribution in [0.3, 0.4) is 0 Å². The van der Waals surface area contributed by atoms with Crippen LogP contribution in [-0.2, 0) is 18.8 Å². The largest absolute Gasteiger partial charge is 0.494 e. The van der Waals surface area contributed by atoms with Crippen LogP contribution >= 0.6 is 11.6 Å². The second-order valence-corrected chi connectivity index (χ2v) is 8.29. The molecule has 0 bridgehead atoms. The van der Waals surface area contributed by atoms with Gasteiger partial charge >= 0.3 is 18.3 Å². The van der Waals surface area contributed by atoms with Crippen LogP contribution in [0, 0.1) is 0 Å². The fourth-order valence-electron chi connectivity index (χ4n) is 3.24. The van der Waals surface area contributed by atoms with Gasteiger partial charge in [0.2, 0.25) is 0 Å². The number of hydrogen-bond donors (Lipinski definition) is 2. The first-order valence-electron chi connectivity index (χ1n) is 10.6. The Morgan fingerprint density at radius 2 is 1.69 bits per heavy atom. The van der Waals surface area contributed by atoms with Crippen LogP contribution in [0.15, 0.2) is 42.5 Å². The summed E-state index contributed by atoms with van der Waals surface area (Å²) in [7, 11) is 0. The van der Waals surface area contributed by atoms with Crippen LogP contribution in [0.4, 0.5) is 35.1 Å². The lowest BCUT2D eigenvalue weighted by Gasteiger charge is -2.24. The Labute approximate surface area is 202 Å². The van der Waals surface area contributed by atoms with Gasteiger partial charge in [-0.3, -0.25) is 0 Å². The summed E-state index contributed by atoms with van der Waals surface area (Å²) in [6, 6.07) is 7.68. The van der Waals surface area contributed by atoms with E-state index >= 15 is 0 Å². The van der Waals surface area contributed by atoms with Gasteiger partial charge < -0.3 is 15.2 Å². The standard InChI is InChI=1S/C23H24ClF8NO2/c1-2-15-12-18(6-7-19(15)24)35-9-8-17(33-13-20(34)22(27,28)29)11-14-4-3-5-16(10-14)21(25,26)23(30,31)32/h3-7,10,12,17,20,33-34H,2,8-9,11,13H2,1H3. The summed E-state index contributed by atoms with van der Waals surface area (Å²) in [6.07, 6.45) is -12.9. The average Bonchev–Trinajstić information content (AvgIpc) is 2.77. The summed E-state index contributed by atoms with van der Waals surface area (Å²) in [5, 5.41) is 12.3. The van der Waals surface area contributed by atoms with E-state index in [1.807, 2.05) is 6.92 Å². The van der Waals surface area contributed by atoms with E-state index in [-0.39, 0.29) is 25.0 Å². The summed E-state index contributed by atoms with van der Waals surface area (Å²) >= 11 is 6.05. The Bertz CT molecular complexity index is 965. The van der Waals surface area contributed by atoms with Gasteiger partial charge in [0.25, 0.3) is 0 Å². The molecular weight excluding hydrogens is 510 g/mol. The van der Waals surface area contributed by atoms with Gasteiger partial charge in [-0.2, -0.15) is 35.1 Å². The highest BCUT2D eigenvalue weighted by Gasteiger charge is 2.58. The third-order valence-corrected chi connectivity index (χ3v) is 5.61. The molecule has 2 aromatic carbocycles. The minimum atomic E-state index is -5.80. The van der Waals surface area contributed by atoms with Crippen molar-refractivity contribution in [3.8, 4) is 5.75 Å². The van der Waals surface area contributed by atoms with Gasteiger partial charge in [0.15, 0.2) is 6.10 Å². The summed E-state index contributed by atoms with van der Waals surface area (Å²) in [5.41, 5.74) is -0.416. The molecule has 196 valence electrons. The van der Waals surface area contributed by atoms with Crippen molar-refractivity contribution in [3.63, 3.8) is 0 Å². The molecule has 2 rings (SSSR count). The molecule has 3 nitrogen and oxygen atoms in total. The van der Waals surface area contributed by atoms with Crippen molar-refractivity contribution in [3.05, 3.63) is 64.2 Å². The number of aryl methyl sites for hydroxylation is 1. The quantitative estimate of drug-likeness (QED) is 0.326. The fraction of sp³-hybridized carbons (Fsp3) is 0.478. The number of rotatable bonds is 11. The maximum atomic E-state index is 13.7. The molecule has 0 spiro atoms. The van der Waals surface area contributed by atoms with Gasteiger partial charge in [0, 0.05) is 23.2 Å². The van der Waals surface area contributed by atoms with E-state index in [0.29, 0.717) is 29.3 Å². The first-order valence-corrected chi connectivity index (χ1v) is 11.0. The van der Waals surface area contributed by atoms with Gasteiger partial charge in [0.1, 0.15) is 5.75 Å². The maximum Gasteiger partial charge on any atom is 0.458 e. The third-order valence-electron chi connectivity index (χ3n) is 5.24. The van der Waals surface area contributed by atoms with Crippen molar-refractivity contribution in [2.24, 2.45) is 0 Å². The van der Waals surface area contributed by atoms with Crippen LogP contribution in [0.5, 0.6) is 5.75 Å². The summed E-state index contributed by atoms with van der Waals surface area (Å²) < 4.78 is 109. The number of halogens is 9. The van der Waals surface area contributed by atoms with E-state index in [4.69, 9.17) is 16.3 Å². The highest BCUT2D eigenvalue weighted by molar-refractivity contribution is 6.31.